The van der Waals surface area contributed by atoms with Gasteiger partial charge in [0.05, 0.1) is 0 Å². The van der Waals surface area contributed by atoms with Crippen molar-refractivity contribution >= 4 is 5.57 Å². The second-order valence-corrected chi connectivity index (χ2v) is 9.22. The zero-order valence-corrected chi connectivity index (χ0v) is 15.0. The maximum atomic E-state index is 9.49. The summed E-state index contributed by atoms with van der Waals surface area (Å²) in [5.41, 5.74) is 6.36. The topological polar surface area (TPSA) is 20.2 Å². The Bertz CT molecular complexity index is 630. The molecule has 2 atom stereocenters. The third-order valence-electron chi connectivity index (χ3n) is 5.95. The van der Waals surface area contributed by atoms with Crippen LogP contribution < -0.4 is 0 Å². The van der Waals surface area contributed by atoms with Gasteiger partial charge < -0.3 is 5.11 Å². The van der Waals surface area contributed by atoms with Crippen molar-refractivity contribution in [3.8, 4) is 0 Å². The fourth-order valence-corrected chi connectivity index (χ4v) is 4.07. The van der Waals surface area contributed by atoms with E-state index in [9.17, 15) is 5.11 Å². The molecule has 2 aliphatic carbocycles. The molecule has 0 aromatic heterocycles. The Balaban J connectivity index is 2.11. The number of rotatable bonds is 2. The summed E-state index contributed by atoms with van der Waals surface area (Å²) in [7, 11) is 0. The molecule has 0 heterocycles. The van der Waals surface area contributed by atoms with E-state index < -0.39 is 0 Å². The number of fused-ring (bicyclic) bond motifs is 1. The molecule has 2 unspecified atom stereocenters. The normalized spacial score (nSPS) is 29.8. The summed E-state index contributed by atoms with van der Waals surface area (Å²) >= 11 is 0. The van der Waals surface area contributed by atoms with Gasteiger partial charge in [-0.1, -0.05) is 65.8 Å². The lowest BCUT2D eigenvalue weighted by molar-refractivity contribution is 0.265. The van der Waals surface area contributed by atoms with Crippen molar-refractivity contribution in [2.75, 3.05) is 6.61 Å². The van der Waals surface area contributed by atoms with E-state index in [1.54, 1.807) is 0 Å². The molecule has 0 saturated heterocycles. The van der Waals surface area contributed by atoms with Crippen LogP contribution in [0.15, 0.2) is 24.3 Å². The van der Waals surface area contributed by atoms with Crippen molar-refractivity contribution in [1.29, 1.82) is 0 Å². The van der Waals surface area contributed by atoms with Gasteiger partial charge in [-0.25, -0.2) is 0 Å². The Morgan fingerprint density at radius 1 is 1.18 bits per heavy atom. The van der Waals surface area contributed by atoms with Crippen molar-refractivity contribution < 1.29 is 5.11 Å². The summed E-state index contributed by atoms with van der Waals surface area (Å²) in [5.74, 6) is 0.434. The standard InChI is InChI=1S/C21H30O/c1-19(2,3)17-9-10-20(4,5)18-8-7-14(11-16(17)18)21(6)12-15(21)13-22/h7-9,11,15,22H,10,12-13H2,1-6H3. The number of hydrogen-bond acceptors (Lipinski definition) is 1. The van der Waals surface area contributed by atoms with Gasteiger partial charge in [-0.2, -0.15) is 0 Å². The lowest BCUT2D eigenvalue weighted by atomic mass is 9.67. The molecule has 0 radical (unpaired) electrons. The molecule has 1 heteroatoms. The monoisotopic (exact) mass is 298 g/mol. The molecule has 0 amide bonds. The van der Waals surface area contributed by atoms with Gasteiger partial charge in [0.15, 0.2) is 0 Å². The van der Waals surface area contributed by atoms with E-state index in [-0.39, 0.29) is 16.2 Å². The first-order valence-electron chi connectivity index (χ1n) is 8.56. The zero-order chi connectivity index (χ0) is 16.3. The largest absolute Gasteiger partial charge is 0.396 e. The van der Waals surface area contributed by atoms with Crippen LogP contribution in [0.25, 0.3) is 5.57 Å². The van der Waals surface area contributed by atoms with Gasteiger partial charge in [0.1, 0.15) is 0 Å². The highest BCUT2D eigenvalue weighted by molar-refractivity contribution is 5.75. The average molecular weight is 298 g/mol. The third kappa shape index (κ3) is 2.34. The summed E-state index contributed by atoms with van der Waals surface area (Å²) in [6, 6.07) is 7.08. The molecular formula is C21H30O. The average Bonchev–Trinajstić information content (AvgIpc) is 3.09. The molecule has 0 spiro atoms. The van der Waals surface area contributed by atoms with E-state index in [0.717, 1.165) is 12.8 Å². The number of allylic oxidation sites excluding steroid dienone is 2. The molecule has 1 nitrogen and oxygen atoms in total. The molecule has 1 saturated carbocycles. The Morgan fingerprint density at radius 3 is 2.41 bits per heavy atom. The van der Waals surface area contributed by atoms with E-state index in [2.05, 4.69) is 65.8 Å². The Kier molecular flexibility index (Phi) is 3.38. The van der Waals surface area contributed by atoms with Crippen molar-refractivity contribution in [3.05, 3.63) is 41.0 Å². The molecule has 1 aromatic rings. The van der Waals surface area contributed by atoms with Crippen LogP contribution in [0.2, 0.25) is 0 Å². The van der Waals surface area contributed by atoms with Gasteiger partial charge in [-0.05, 0) is 57.3 Å². The molecule has 0 aliphatic heterocycles. The van der Waals surface area contributed by atoms with Crippen LogP contribution in [0, 0.1) is 11.3 Å². The van der Waals surface area contributed by atoms with Crippen molar-refractivity contribution in [2.24, 2.45) is 11.3 Å². The van der Waals surface area contributed by atoms with Gasteiger partial charge in [-0.15, -0.1) is 0 Å². The molecule has 22 heavy (non-hydrogen) atoms. The molecule has 1 fully saturated rings. The summed E-state index contributed by atoms with van der Waals surface area (Å²) in [6.07, 6.45) is 4.67. The summed E-state index contributed by atoms with van der Waals surface area (Å²) in [4.78, 5) is 0. The van der Waals surface area contributed by atoms with E-state index >= 15 is 0 Å². The summed E-state index contributed by atoms with van der Waals surface area (Å²) in [5, 5.41) is 9.49. The first kappa shape index (κ1) is 15.8. The molecule has 1 aromatic carbocycles. The highest BCUT2D eigenvalue weighted by atomic mass is 16.3. The van der Waals surface area contributed by atoms with Crippen LogP contribution in [0.3, 0.4) is 0 Å². The smallest absolute Gasteiger partial charge is 0.0468 e. The van der Waals surface area contributed by atoms with Gasteiger partial charge in [0.2, 0.25) is 0 Å². The van der Waals surface area contributed by atoms with Crippen molar-refractivity contribution in [1.82, 2.24) is 0 Å². The van der Waals surface area contributed by atoms with Crippen LogP contribution in [0.5, 0.6) is 0 Å². The highest BCUT2D eigenvalue weighted by Gasteiger charge is 2.51. The number of hydrogen-bond donors (Lipinski definition) is 1. The summed E-state index contributed by atoms with van der Waals surface area (Å²) in [6.45, 7) is 14.2. The molecule has 3 rings (SSSR count). The molecule has 120 valence electrons. The first-order chi connectivity index (χ1) is 10.1. The second-order valence-electron chi connectivity index (χ2n) is 9.22. The fourth-order valence-electron chi connectivity index (χ4n) is 4.07. The number of aliphatic hydroxyl groups is 1. The Labute approximate surface area is 135 Å². The van der Waals surface area contributed by atoms with Crippen molar-refractivity contribution in [3.63, 3.8) is 0 Å². The van der Waals surface area contributed by atoms with E-state index in [0.29, 0.717) is 12.5 Å². The molecule has 0 bridgehead atoms. The van der Waals surface area contributed by atoms with Crippen molar-refractivity contribution in [2.45, 2.75) is 65.2 Å². The second kappa shape index (κ2) is 4.71. The van der Waals surface area contributed by atoms with E-state index in [1.165, 1.54) is 22.3 Å². The summed E-state index contributed by atoms with van der Waals surface area (Å²) < 4.78 is 0. The van der Waals surface area contributed by atoms with Crippen LogP contribution in [0.1, 0.15) is 71.1 Å². The van der Waals surface area contributed by atoms with Crippen LogP contribution >= 0.6 is 0 Å². The van der Waals surface area contributed by atoms with Crippen LogP contribution in [-0.4, -0.2) is 11.7 Å². The third-order valence-corrected chi connectivity index (χ3v) is 5.95. The maximum Gasteiger partial charge on any atom is 0.0468 e. The van der Waals surface area contributed by atoms with Gasteiger partial charge in [0, 0.05) is 6.61 Å². The predicted molar refractivity (Wildman–Crippen MR) is 94.1 cm³/mol. The van der Waals surface area contributed by atoms with Gasteiger partial charge >= 0.3 is 0 Å². The lowest BCUT2D eigenvalue weighted by Gasteiger charge is -2.37. The Hall–Kier alpha value is -1.08. The number of benzene rings is 1. The quantitative estimate of drug-likeness (QED) is 0.808. The fraction of sp³-hybridized carbons (Fsp3) is 0.619. The minimum Gasteiger partial charge on any atom is -0.396 e. The predicted octanol–water partition coefficient (Wildman–Crippen LogP) is 5.07. The minimum atomic E-state index is 0.171. The number of aliphatic hydroxyl groups excluding tert-OH is 1. The van der Waals surface area contributed by atoms with E-state index in [1.807, 2.05) is 0 Å². The Morgan fingerprint density at radius 2 is 1.86 bits per heavy atom. The molecule has 1 N–H and O–H groups in total. The van der Waals surface area contributed by atoms with E-state index in [4.69, 9.17) is 0 Å². The molecular weight excluding hydrogens is 268 g/mol. The first-order valence-corrected chi connectivity index (χ1v) is 8.56. The van der Waals surface area contributed by atoms with Gasteiger partial charge in [-0.3, -0.25) is 0 Å². The molecule has 2 aliphatic rings. The van der Waals surface area contributed by atoms with Crippen LogP contribution in [0.4, 0.5) is 0 Å². The maximum absolute atomic E-state index is 9.49. The van der Waals surface area contributed by atoms with Crippen LogP contribution in [-0.2, 0) is 10.8 Å². The SMILES string of the molecule is CC(C)(C)C1=CCC(C)(C)c2ccc(C3(C)CC3CO)cc21. The zero-order valence-electron chi connectivity index (χ0n) is 15.0. The lowest BCUT2D eigenvalue weighted by Crippen LogP contribution is -2.25. The van der Waals surface area contributed by atoms with Gasteiger partial charge in [0.25, 0.3) is 0 Å². The highest BCUT2D eigenvalue weighted by Crippen LogP contribution is 2.55. The minimum absolute atomic E-state index is 0.171.